The van der Waals surface area contributed by atoms with E-state index in [1.54, 1.807) is 6.08 Å². The summed E-state index contributed by atoms with van der Waals surface area (Å²) in [6.07, 6.45) is 8.45. The van der Waals surface area contributed by atoms with Gasteiger partial charge in [-0.25, -0.2) is 0 Å². The van der Waals surface area contributed by atoms with Crippen LogP contribution in [0.1, 0.15) is 32.1 Å². The standard InChI is InChI=1S/C14H24N2OS/c1-2-8-15-14(18)17-11-12-6-5-10-16-9-4-3-7-13(12)16/h2,12-13H,1,3-11H2,(H,15,18). The van der Waals surface area contributed by atoms with E-state index in [0.29, 0.717) is 17.6 Å². The molecule has 2 fully saturated rings. The molecule has 4 heteroatoms. The predicted molar refractivity (Wildman–Crippen MR) is 78.7 cm³/mol. The van der Waals surface area contributed by atoms with Gasteiger partial charge in [0.1, 0.15) is 0 Å². The summed E-state index contributed by atoms with van der Waals surface area (Å²) in [4.78, 5) is 2.65. The Morgan fingerprint density at radius 2 is 2.17 bits per heavy atom. The number of rotatable bonds is 4. The second-order valence-corrected chi connectivity index (χ2v) is 5.64. The van der Waals surface area contributed by atoms with E-state index in [1.165, 1.54) is 45.2 Å². The van der Waals surface area contributed by atoms with Crippen LogP contribution in [0.4, 0.5) is 0 Å². The lowest BCUT2D eigenvalue weighted by atomic mass is 9.84. The Morgan fingerprint density at radius 1 is 1.33 bits per heavy atom. The van der Waals surface area contributed by atoms with Gasteiger partial charge in [0.2, 0.25) is 0 Å². The molecule has 0 radical (unpaired) electrons. The van der Waals surface area contributed by atoms with E-state index in [0.717, 1.165) is 12.6 Å². The second kappa shape index (κ2) is 7.10. The third-order valence-corrected chi connectivity index (χ3v) is 4.31. The molecule has 2 heterocycles. The molecular weight excluding hydrogens is 244 g/mol. The van der Waals surface area contributed by atoms with E-state index < -0.39 is 0 Å². The topological polar surface area (TPSA) is 24.5 Å². The Labute approximate surface area is 116 Å². The summed E-state index contributed by atoms with van der Waals surface area (Å²) in [5, 5.41) is 3.54. The van der Waals surface area contributed by atoms with Crippen molar-refractivity contribution in [3.8, 4) is 0 Å². The summed E-state index contributed by atoms with van der Waals surface area (Å²) in [5.74, 6) is 0.655. The van der Waals surface area contributed by atoms with Crippen molar-refractivity contribution in [1.29, 1.82) is 0 Å². The SMILES string of the molecule is C=CCNC(=S)OCC1CCCN2CCCCC12. The quantitative estimate of drug-likeness (QED) is 0.625. The molecule has 2 atom stereocenters. The highest BCUT2D eigenvalue weighted by atomic mass is 32.1. The molecule has 0 aromatic carbocycles. The Balaban J connectivity index is 1.77. The van der Waals surface area contributed by atoms with E-state index in [2.05, 4.69) is 16.8 Å². The Bertz CT molecular complexity index is 294. The van der Waals surface area contributed by atoms with Crippen molar-refractivity contribution in [3.05, 3.63) is 12.7 Å². The third kappa shape index (κ3) is 3.69. The number of piperidine rings is 2. The first-order valence-corrected chi connectivity index (χ1v) is 7.47. The lowest BCUT2D eigenvalue weighted by Crippen LogP contribution is -2.49. The van der Waals surface area contributed by atoms with Gasteiger partial charge in [0.05, 0.1) is 6.61 Å². The van der Waals surface area contributed by atoms with Crippen LogP contribution in [0.2, 0.25) is 0 Å². The Kier molecular flexibility index (Phi) is 5.45. The Hall–Kier alpha value is -0.610. The lowest BCUT2D eigenvalue weighted by molar-refractivity contribution is 0.0340. The van der Waals surface area contributed by atoms with Crippen LogP contribution in [0.5, 0.6) is 0 Å². The summed E-state index contributed by atoms with van der Waals surface area (Å²) in [7, 11) is 0. The number of hydrogen-bond acceptors (Lipinski definition) is 3. The minimum absolute atomic E-state index is 0.517. The molecule has 1 N–H and O–H groups in total. The minimum atomic E-state index is 0.517. The molecule has 0 aliphatic carbocycles. The fraction of sp³-hybridized carbons (Fsp3) is 0.786. The molecule has 102 valence electrons. The largest absolute Gasteiger partial charge is 0.471 e. The van der Waals surface area contributed by atoms with Crippen molar-refractivity contribution in [2.75, 3.05) is 26.2 Å². The van der Waals surface area contributed by atoms with Crippen LogP contribution in [0.3, 0.4) is 0 Å². The molecule has 0 amide bonds. The highest BCUT2D eigenvalue weighted by Gasteiger charge is 2.33. The van der Waals surface area contributed by atoms with E-state index >= 15 is 0 Å². The second-order valence-electron chi connectivity index (χ2n) is 5.27. The van der Waals surface area contributed by atoms with Gasteiger partial charge in [0, 0.05) is 18.5 Å². The molecule has 2 aliphatic rings. The normalized spacial score (nSPS) is 28.2. The number of nitrogens with zero attached hydrogens (tertiary/aromatic N) is 1. The smallest absolute Gasteiger partial charge is 0.256 e. The summed E-state index contributed by atoms with van der Waals surface area (Å²) in [5.41, 5.74) is 0. The number of thiocarbonyl (C=S) groups is 1. The van der Waals surface area contributed by atoms with Crippen LogP contribution in [0.25, 0.3) is 0 Å². The molecular formula is C14H24N2OS. The highest BCUT2D eigenvalue weighted by molar-refractivity contribution is 7.80. The fourth-order valence-corrected chi connectivity index (χ4v) is 3.31. The van der Waals surface area contributed by atoms with E-state index in [9.17, 15) is 0 Å². The molecule has 3 nitrogen and oxygen atoms in total. The van der Waals surface area contributed by atoms with Crippen molar-refractivity contribution >= 4 is 17.4 Å². The molecule has 2 saturated heterocycles. The molecule has 2 unspecified atom stereocenters. The lowest BCUT2D eigenvalue weighted by Gasteiger charge is -2.44. The zero-order valence-corrected chi connectivity index (χ0v) is 11.9. The zero-order chi connectivity index (χ0) is 12.8. The van der Waals surface area contributed by atoms with Gasteiger partial charge in [-0.3, -0.25) is 4.90 Å². The first-order chi connectivity index (χ1) is 8.81. The first kappa shape index (κ1) is 13.8. The van der Waals surface area contributed by atoms with Crippen molar-refractivity contribution in [2.24, 2.45) is 5.92 Å². The molecule has 0 spiro atoms. The molecule has 0 bridgehead atoms. The van der Waals surface area contributed by atoms with Gasteiger partial charge in [0.15, 0.2) is 0 Å². The number of fused-ring (bicyclic) bond motifs is 1. The molecule has 2 rings (SSSR count). The van der Waals surface area contributed by atoms with E-state index in [1.807, 2.05) is 0 Å². The number of ether oxygens (including phenoxy) is 1. The highest BCUT2D eigenvalue weighted by Crippen LogP contribution is 2.30. The fourth-order valence-electron chi connectivity index (χ4n) is 3.16. The molecule has 0 aromatic rings. The summed E-state index contributed by atoms with van der Waals surface area (Å²) in [6.45, 7) is 7.66. The van der Waals surface area contributed by atoms with Crippen LogP contribution in [-0.2, 0) is 4.74 Å². The summed E-state index contributed by atoms with van der Waals surface area (Å²) < 4.78 is 5.68. The number of nitrogens with one attached hydrogen (secondary N) is 1. The number of hydrogen-bond donors (Lipinski definition) is 1. The van der Waals surface area contributed by atoms with Crippen molar-refractivity contribution in [2.45, 2.75) is 38.1 Å². The summed E-state index contributed by atoms with van der Waals surface area (Å²) in [6, 6.07) is 0.731. The van der Waals surface area contributed by atoms with Gasteiger partial charge in [-0.05, 0) is 51.0 Å². The van der Waals surface area contributed by atoms with Gasteiger partial charge in [0.25, 0.3) is 5.17 Å². The van der Waals surface area contributed by atoms with Gasteiger partial charge in [-0.15, -0.1) is 6.58 Å². The minimum Gasteiger partial charge on any atom is -0.471 e. The van der Waals surface area contributed by atoms with E-state index in [-0.39, 0.29) is 0 Å². The maximum Gasteiger partial charge on any atom is 0.256 e. The maximum atomic E-state index is 5.68. The van der Waals surface area contributed by atoms with Gasteiger partial charge < -0.3 is 10.1 Å². The van der Waals surface area contributed by atoms with Gasteiger partial charge >= 0.3 is 0 Å². The average molecular weight is 268 g/mol. The molecule has 0 saturated carbocycles. The van der Waals surface area contributed by atoms with Crippen LogP contribution in [0.15, 0.2) is 12.7 Å². The first-order valence-electron chi connectivity index (χ1n) is 7.07. The van der Waals surface area contributed by atoms with Crippen LogP contribution in [0, 0.1) is 5.92 Å². The van der Waals surface area contributed by atoms with Crippen molar-refractivity contribution in [1.82, 2.24) is 10.2 Å². The van der Waals surface area contributed by atoms with Crippen LogP contribution < -0.4 is 5.32 Å². The molecule has 0 aromatic heterocycles. The van der Waals surface area contributed by atoms with Gasteiger partial charge in [-0.2, -0.15) is 0 Å². The van der Waals surface area contributed by atoms with Gasteiger partial charge in [-0.1, -0.05) is 12.5 Å². The predicted octanol–water partition coefficient (Wildman–Crippen LogP) is 2.33. The van der Waals surface area contributed by atoms with E-state index in [4.69, 9.17) is 17.0 Å². The van der Waals surface area contributed by atoms with Crippen LogP contribution >= 0.6 is 12.2 Å². The molecule has 2 aliphatic heterocycles. The maximum absolute atomic E-state index is 5.68. The summed E-state index contributed by atoms with van der Waals surface area (Å²) >= 11 is 5.14. The third-order valence-electron chi connectivity index (χ3n) is 4.05. The average Bonchev–Trinajstić information content (AvgIpc) is 2.42. The Morgan fingerprint density at radius 3 is 3.00 bits per heavy atom. The van der Waals surface area contributed by atoms with Crippen molar-refractivity contribution in [3.63, 3.8) is 0 Å². The monoisotopic (exact) mass is 268 g/mol. The van der Waals surface area contributed by atoms with Crippen LogP contribution in [-0.4, -0.2) is 42.4 Å². The zero-order valence-electron chi connectivity index (χ0n) is 11.1. The molecule has 18 heavy (non-hydrogen) atoms. The van der Waals surface area contributed by atoms with Crippen molar-refractivity contribution < 1.29 is 4.74 Å².